The highest BCUT2D eigenvalue weighted by Gasteiger charge is 2.16. The molecule has 0 saturated heterocycles. The third kappa shape index (κ3) is 5.22. The Balaban J connectivity index is 1.41. The highest BCUT2D eigenvalue weighted by atomic mass is 35.5. The number of hydrogen-bond acceptors (Lipinski definition) is 8. The molecule has 164 valence electrons. The average Bonchev–Trinajstić information content (AvgIpc) is 3.34. The Hall–Kier alpha value is -3.06. The number of amides is 3. The first-order chi connectivity index (χ1) is 15.2. The second kappa shape index (κ2) is 8.82. The van der Waals surface area contributed by atoms with E-state index in [1.165, 1.54) is 17.5 Å². The summed E-state index contributed by atoms with van der Waals surface area (Å²) in [7, 11) is -3.34. The molecular formula is C19H14ClN5O4S3. The zero-order chi connectivity index (χ0) is 22.9. The predicted octanol–water partition coefficient (Wildman–Crippen LogP) is 4.71. The smallest absolute Gasteiger partial charge is 0.308 e. The van der Waals surface area contributed by atoms with Gasteiger partial charge in [0, 0.05) is 22.3 Å². The molecule has 0 radical (unpaired) electrons. The Labute approximate surface area is 195 Å². The Morgan fingerprint density at radius 3 is 2.44 bits per heavy atom. The predicted molar refractivity (Wildman–Crippen MR) is 127 cm³/mol. The van der Waals surface area contributed by atoms with Gasteiger partial charge in [0.15, 0.2) is 20.1 Å². The topological polar surface area (TPSA) is 130 Å². The lowest BCUT2D eigenvalue weighted by molar-refractivity contribution is 0.102. The van der Waals surface area contributed by atoms with Gasteiger partial charge in [0.1, 0.15) is 5.69 Å². The lowest BCUT2D eigenvalue weighted by atomic mass is 10.3. The first-order valence-electron chi connectivity index (χ1n) is 8.88. The van der Waals surface area contributed by atoms with E-state index in [0.29, 0.717) is 26.1 Å². The number of nitrogens with one attached hydrogen (secondary N) is 3. The van der Waals surface area contributed by atoms with Gasteiger partial charge in [-0.25, -0.2) is 23.2 Å². The van der Waals surface area contributed by atoms with Gasteiger partial charge in [-0.15, -0.1) is 11.3 Å². The molecule has 32 heavy (non-hydrogen) atoms. The van der Waals surface area contributed by atoms with Crippen molar-refractivity contribution in [1.82, 2.24) is 9.97 Å². The maximum atomic E-state index is 12.5. The first-order valence-corrected chi connectivity index (χ1v) is 12.8. The molecule has 0 unspecified atom stereocenters. The van der Waals surface area contributed by atoms with Crippen molar-refractivity contribution < 1.29 is 18.0 Å². The SMILES string of the molecule is CS(=O)(=O)c1ccc2nc(NC(=O)c3csc(NC(=O)Nc4ccc(Cl)cc4)n3)sc2c1. The summed E-state index contributed by atoms with van der Waals surface area (Å²) in [6, 6.07) is 10.7. The summed E-state index contributed by atoms with van der Waals surface area (Å²) in [6.45, 7) is 0. The largest absolute Gasteiger partial charge is 0.325 e. The van der Waals surface area contributed by atoms with Gasteiger partial charge in [0.2, 0.25) is 0 Å². The number of carbonyl (C=O) groups is 2. The van der Waals surface area contributed by atoms with Gasteiger partial charge in [0.05, 0.1) is 15.1 Å². The van der Waals surface area contributed by atoms with E-state index >= 15 is 0 Å². The number of thiazole rings is 2. The number of anilines is 3. The van der Waals surface area contributed by atoms with Crippen molar-refractivity contribution in [3.05, 3.63) is 58.6 Å². The Morgan fingerprint density at radius 2 is 1.72 bits per heavy atom. The molecular weight excluding hydrogens is 494 g/mol. The molecule has 2 aromatic heterocycles. The average molecular weight is 508 g/mol. The fourth-order valence-corrected chi connectivity index (χ4v) is 5.01. The van der Waals surface area contributed by atoms with Crippen LogP contribution in [0.4, 0.5) is 20.7 Å². The van der Waals surface area contributed by atoms with E-state index in [9.17, 15) is 18.0 Å². The van der Waals surface area contributed by atoms with Crippen LogP contribution < -0.4 is 16.0 Å². The van der Waals surface area contributed by atoms with Gasteiger partial charge in [0.25, 0.3) is 5.91 Å². The molecule has 0 spiro atoms. The van der Waals surface area contributed by atoms with Gasteiger partial charge in [-0.3, -0.25) is 15.4 Å². The molecule has 9 nitrogen and oxygen atoms in total. The van der Waals surface area contributed by atoms with Crippen molar-refractivity contribution in [1.29, 1.82) is 0 Å². The molecule has 0 aliphatic rings. The minimum Gasteiger partial charge on any atom is -0.308 e. The van der Waals surface area contributed by atoms with Crippen LogP contribution in [0.25, 0.3) is 10.2 Å². The fourth-order valence-electron chi connectivity index (χ4n) is 2.58. The zero-order valence-corrected chi connectivity index (χ0v) is 19.5. The van der Waals surface area contributed by atoms with E-state index in [2.05, 4.69) is 25.9 Å². The van der Waals surface area contributed by atoms with Crippen LogP contribution in [-0.2, 0) is 9.84 Å². The summed E-state index contributed by atoms with van der Waals surface area (Å²) in [6.07, 6.45) is 1.13. The minimum absolute atomic E-state index is 0.105. The number of nitrogens with zero attached hydrogens (tertiary/aromatic N) is 2. The fraction of sp³-hybridized carbons (Fsp3) is 0.0526. The second-order valence-corrected chi connectivity index (χ2v) is 10.8. The molecule has 2 heterocycles. The van der Waals surface area contributed by atoms with Gasteiger partial charge in [-0.1, -0.05) is 22.9 Å². The van der Waals surface area contributed by atoms with Crippen LogP contribution in [0.5, 0.6) is 0 Å². The number of fused-ring (bicyclic) bond motifs is 1. The molecule has 4 aromatic rings. The van der Waals surface area contributed by atoms with Crippen LogP contribution in [0.2, 0.25) is 5.02 Å². The highest BCUT2D eigenvalue weighted by molar-refractivity contribution is 7.90. The number of aromatic nitrogens is 2. The van der Waals surface area contributed by atoms with E-state index < -0.39 is 21.8 Å². The van der Waals surface area contributed by atoms with Crippen molar-refractivity contribution in [2.24, 2.45) is 0 Å². The lowest BCUT2D eigenvalue weighted by Crippen LogP contribution is -2.19. The molecule has 0 aliphatic carbocycles. The Kier molecular flexibility index (Phi) is 6.11. The summed E-state index contributed by atoms with van der Waals surface area (Å²) in [5.74, 6) is -0.505. The van der Waals surface area contributed by atoms with Crippen molar-refractivity contribution in [2.75, 3.05) is 22.2 Å². The molecule has 4 rings (SSSR count). The van der Waals surface area contributed by atoms with Gasteiger partial charge in [-0.05, 0) is 42.5 Å². The number of halogens is 1. The molecule has 3 amide bonds. The minimum atomic E-state index is -3.34. The molecule has 3 N–H and O–H groups in total. The maximum absolute atomic E-state index is 12.5. The molecule has 0 fully saturated rings. The van der Waals surface area contributed by atoms with E-state index in [0.717, 1.165) is 28.9 Å². The van der Waals surface area contributed by atoms with Crippen LogP contribution in [0.3, 0.4) is 0 Å². The summed E-state index contributed by atoms with van der Waals surface area (Å²) >= 11 is 8.05. The van der Waals surface area contributed by atoms with Crippen LogP contribution in [-0.4, -0.2) is 36.6 Å². The van der Waals surface area contributed by atoms with Gasteiger partial charge >= 0.3 is 6.03 Å². The van der Waals surface area contributed by atoms with Crippen LogP contribution in [0, 0.1) is 0 Å². The summed E-state index contributed by atoms with van der Waals surface area (Å²) < 4.78 is 24.0. The number of benzene rings is 2. The zero-order valence-electron chi connectivity index (χ0n) is 16.2. The number of sulfone groups is 1. The summed E-state index contributed by atoms with van der Waals surface area (Å²) in [4.78, 5) is 33.2. The third-order valence-corrected chi connectivity index (χ3v) is 7.12. The summed E-state index contributed by atoms with van der Waals surface area (Å²) in [5.41, 5.74) is 1.22. The van der Waals surface area contributed by atoms with Gasteiger partial charge in [-0.2, -0.15) is 0 Å². The molecule has 0 aliphatic heterocycles. The normalized spacial score (nSPS) is 11.3. The molecule has 0 bridgehead atoms. The van der Waals surface area contributed by atoms with E-state index in [-0.39, 0.29) is 15.7 Å². The van der Waals surface area contributed by atoms with E-state index in [1.54, 1.807) is 30.3 Å². The molecule has 0 saturated carbocycles. The van der Waals surface area contributed by atoms with Gasteiger partial charge < -0.3 is 5.32 Å². The number of rotatable bonds is 5. The van der Waals surface area contributed by atoms with Crippen LogP contribution in [0.15, 0.2) is 52.7 Å². The summed E-state index contributed by atoms with van der Waals surface area (Å²) in [5, 5.41) is 10.4. The van der Waals surface area contributed by atoms with Crippen molar-refractivity contribution in [3.63, 3.8) is 0 Å². The van der Waals surface area contributed by atoms with Crippen LogP contribution >= 0.6 is 34.3 Å². The first kappa shape index (κ1) is 22.1. The van der Waals surface area contributed by atoms with Crippen LogP contribution in [0.1, 0.15) is 10.5 Å². The Bertz CT molecular complexity index is 1430. The number of hydrogen-bond donors (Lipinski definition) is 3. The van der Waals surface area contributed by atoms with Crippen molar-refractivity contribution in [2.45, 2.75) is 4.90 Å². The van der Waals surface area contributed by atoms with Crippen molar-refractivity contribution >= 4 is 82.2 Å². The maximum Gasteiger partial charge on any atom is 0.325 e. The molecule has 13 heteroatoms. The van der Waals surface area contributed by atoms with E-state index in [4.69, 9.17) is 11.6 Å². The Morgan fingerprint density at radius 1 is 0.969 bits per heavy atom. The third-order valence-electron chi connectivity index (χ3n) is 4.07. The standard InChI is InChI=1S/C19H14ClN5O4S3/c1-32(28,29)12-6-7-13-15(8-12)31-19(22-13)24-16(26)14-9-30-18(23-14)25-17(27)21-11-4-2-10(20)3-5-11/h2-9H,1H3,(H,22,24,26)(H2,21,23,25,27). The van der Waals surface area contributed by atoms with E-state index in [1.807, 2.05) is 0 Å². The number of carbonyl (C=O) groups excluding carboxylic acids is 2. The number of urea groups is 1. The second-order valence-electron chi connectivity index (χ2n) is 6.50. The quantitative estimate of drug-likeness (QED) is 0.358. The molecule has 2 aromatic carbocycles. The monoisotopic (exact) mass is 507 g/mol. The highest BCUT2D eigenvalue weighted by Crippen LogP contribution is 2.28. The van der Waals surface area contributed by atoms with Crippen molar-refractivity contribution in [3.8, 4) is 0 Å². The lowest BCUT2D eigenvalue weighted by Gasteiger charge is -2.05. The molecule has 0 atom stereocenters.